The van der Waals surface area contributed by atoms with Crippen LogP contribution < -0.4 is 5.32 Å². The van der Waals surface area contributed by atoms with Gasteiger partial charge in [-0.1, -0.05) is 28.1 Å². The van der Waals surface area contributed by atoms with Crippen molar-refractivity contribution in [3.05, 3.63) is 69.2 Å². The minimum Gasteiger partial charge on any atom is -0.480 e. The molecule has 0 unspecified atom stereocenters. The lowest BCUT2D eigenvalue weighted by molar-refractivity contribution is -0.143. The van der Waals surface area contributed by atoms with Crippen LogP contribution >= 0.6 is 15.9 Å². The molecular formula is C19H14BrF6NO3. The van der Waals surface area contributed by atoms with E-state index in [1.165, 1.54) is 0 Å². The third kappa shape index (κ3) is 6.75. The Bertz CT molecular complexity index is 910. The molecule has 0 heterocycles. The van der Waals surface area contributed by atoms with Crippen molar-refractivity contribution in [2.45, 2.75) is 31.2 Å². The standard InChI is InChI=1S/C19H14BrF6NO3/c20-14-3-1-2-10(6-14)7-15(17(29)30)27-16(28)8-11-4-12(18(21,22)23)9-13(5-11)19(24,25)26/h1-6,9,15H,7-8H2,(H,27,28)(H,29,30)/t15-/m0/s1. The van der Waals surface area contributed by atoms with Crippen molar-refractivity contribution in [3.8, 4) is 0 Å². The molecule has 0 spiro atoms. The average Bonchev–Trinajstić information content (AvgIpc) is 2.59. The van der Waals surface area contributed by atoms with Crippen LogP contribution in [0.25, 0.3) is 0 Å². The normalized spacial score (nSPS) is 13.0. The van der Waals surface area contributed by atoms with Gasteiger partial charge in [0.1, 0.15) is 6.04 Å². The van der Waals surface area contributed by atoms with Gasteiger partial charge in [-0.25, -0.2) is 4.79 Å². The maximum atomic E-state index is 12.9. The van der Waals surface area contributed by atoms with E-state index in [0.717, 1.165) is 0 Å². The van der Waals surface area contributed by atoms with Crippen LogP contribution in [-0.4, -0.2) is 23.0 Å². The Morgan fingerprint density at radius 2 is 1.50 bits per heavy atom. The summed E-state index contributed by atoms with van der Waals surface area (Å²) in [5, 5.41) is 11.4. The van der Waals surface area contributed by atoms with Crippen LogP contribution in [0, 0.1) is 0 Å². The summed E-state index contributed by atoms with van der Waals surface area (Å²) >= 11 is 3.21. The number of rotatable bonds is 6. The lowest BCUT2D eigenvalue weighted by Gasteiger charge is -2.17. The fraction of sp³-hybridized carbons (Fsp3) is 0.263. The molecule has 0 fully saturated rings. The third-order valence-electron chi connectivity index (χ3n) is 3.97. The minimum absolute atomic E-state index is 0.0469. The molecule has 30 heavy (non-hydrogen) atoms. The number of hydrogen-bond acceptors (Lipinski definition) is 2. The number of nitrogens with one attached hydrogen (secondary N) is 1. The lowest BCUT2D eigenvalue weighted by atomic mass is 10.0. The molecule has 0 aliphatic rings. The molecule has 0 saturated heterocycles. The van der Waals surface area contributed by atoms with Gasteiger partial charge >= 0.3 is 18.3 Å². The summed E-state index contributed by atoms with van der Waals surface area (Å²) < 4.78 is 78.2. The van der Waals surface area contributed by atoms with Gasteiger partial charge in [-0.05, 0) is 41.5 Å². The molecule has 2 rings (SSSR count). The van der Waals surface area contributed by atoms with Crippen molar-refractivity contribution in [2.75, 3.05) is 0 Å². The van der Waals surface area contributed by atoms with Crippen molar-refractivity contribution < 1.29 is 41.0 Å². The monoisotopic (exact) mass is 497 g/mol. The van der Waals surface area contributed by atoms with E-state index in [-0.39, 0.29) is 12.5 Å². The van der Waals surface area contributed by atoms with Gasteiger partial charge in [0, 0.05) is 10.9 Å². The second kappa shape index (κ2) is 9.07. The highest BCUT2D eigenvalue weighted by Crippen LogP contribution is 2.36. The largest absolute Gasteiger partial charge is 0.480 e. The minimum atomic E-state index is -5.04. The van der Waals surface area contributed by atoms with Crippen LogP contribution in [0.2, 0.25) is 0 Å². The number of carboxylic acids is 1. The van der Waals surface area contributed by atoms with Gasteiger partial charge in [0.2, 0.25) is 5.91 Å². The van der Waals surface area contributed by atoms with Gasteiger partial charge in [-0.3, -0.25) is 4.79 Å². The lowest BCUT2D eigenvalue weighted by Crippen LogP contribution is -2.43. The first-order valence-corrected chi connectivity index (χ1v) is 9.10. The SMILES string of the molecule is O=C(Cc1cc(C(F)(F)F)cc(C(F)(F)F)c1)N[C@@H](Cc1cccc(Br)c1)C(=O)O. The number of carbonyl (C=O) groups excluding carboxylic acids is 1. The van der Waals surface area contributed by atoms with Gasteiger partial charge in [0.15, 0.2) is 0 Å². The van der Waals surface area contributed by atoms with Gasteiger partial charge < -0.3 is 10.4 Å². The van der Waals surface area contributed by atoms with Crippen molar-refractivity contribution in [3.63, 3.8) is 0 Å². The fourth-order valence-electron chi connectivity index (χ4n) is 2.65. The van der Waals surface area contributed by atoms with Crippen LogP contribution in [0.4, 0.5) is 26.3 Å². The summed E-state index contributed by atoms with van der Waals surface area (Å²) in [4.78, 5) is 23.6. The highest BCUT2D eigenvalue weighted by atomic mass is 79.9. The predicted molar refractivity (Wildman–Crippen MR) is 97.6 cm³/mol. The molecule has 0 saturated carbocycles. The fourth-order valence-corrected chi connectivity index (χ4v) is 3.10. The summed E-state index contributed by atoms with van der Waals surface area (Å²) in [6.45, 7) is 0. The van der Waals surface area contributed by atoms with E-state index in [2.05, 4.69) is 21.2 Å². The highest BCUT2D eigenvalue weighted by Gasteiger charge is 2.37. The zero-order valence-electron chi connectivity index (χ0n) is 14.9. The first kappa shape index (κ1) is 23.7. The van der Waals surface area contributed by atoms with Crippen molar-refractivity contribution in [2.24, 2.45) is 0 Å². The summed E-state index contributed by atoms with van der Waals surface area (Å²) in [6.07, 6.45) is -11.1. The number of carbonyl (C=O) groups is 2. The highest BCUT2D eigenvalue weighted by molar-refractivity contribution is 9.10. The molecule has 2 aromatic rings. The van der Waals surface area contributed by atoms with E-state index in [1.807, 2.05) is 0 Å². The molecule has 162 valence electrons. The van der Waals surface area contributed by atoms with E-state index in [9.17, 15) is 41.0 Å². The first-order chi connectivity index (χ1) is 13.8. The van der Waals surface area contributed by atoms with Gasteiger partial charge in [0.25, 0.3) is 0 Å². The molecule has 1 atom stereocenters. The Balaban J connectivity index is 2.21. The summed E-state index contributed by atoms with van der Waals surface area (Å²) in [5.74, 6) is -2.42. The maximum Gasteiger partial charge on any atom is 0.416 e. The Morgan fingerprint density at radius 1 is 0.933 bits per heavy atom. The molecule has 0 aliphatic carbocycles. The second-order valence-corrected chi connectivity index (χ2v) is 7.30. The molecule has 0 aromatic heterocycles. The Labute approximate surface area is 175 Å². The van der Waals surface area contributed by atoms with Crippen molar-refractivity contribution >= 4 is 27.8 Å². The molecule has 0 bridgehead atoms. The Kier molecular flexibility index (Phi) is 7.17. The van der Waals surface area contributed by atoms with E-state index >= 15 is 0 Å². The van der Waals surface area contributed by atoms with Gasteiger partial charge in [0.05, 0.1) is 17.5 Å². The summed E-state index contributed by atoms with van der Waals surface area (Å²) in [7, 11) is 0. The maximum absolute atomic E-state index is 12.9. The number of aliphatic carboxylic acids is 1. The van der Waals surface area contributed by atoms with Crippen LogP contribution in [0.5, 0.6) is 0 Å². The molecule has 1 amide bonds. The molecule has 2 aromatic carbocycles. The molecule has 11 heteroatoms. The third-order valence-corrected chi connectivity index (χ3v) is 4.47. The summed E-state index contributed by atoms with van der Waals surface area (Å²) in [6, 6.07) is 5.96. The Morgan fingerprint density at radius 3 is 1.97 bits per heavy atom. The van der Waals surface area contributed by atoms with Gasteiger partial charge in [-0.2, -0.15) is 26.3 Å². The first-order valence-electron chi connectivity index (χ1n) is 8.30. The van der Waals surface area contributed by atoms with Crippen LogP contribution in [-0.2, 0) is 34.8 Å². The Hall–Kier alpha value is -2.56. The number of carboxylic acid groups (broad SMARTS) is 1. The van der Waals surface area contributed by atoms with E-state index in [0.29, 0.717) is 22.2 Å². The summed E-state index contributed by atoms with van der Waals surface area (Å²) in [5.41, 5.74) is -3.09. The number of alkyl halides is 6. The zero-order valence-corrected chi connectivity index (χ0v) is 16.5. The van der Waals surface area contributed by atoms with Gasteiger partial charge in [-0.15, -0.1) is 0 Å². The average molecular weight is 498 g/mol. The van der Waals surface area contributed by atoms with Crippen molar-refractivity contribution in [1.29, 1.82) is 0 Å². The van der Waals surface area contributed by atoms with E-state index in [4.69, 9.17) is 0 Å². The number of hydrogen-bond donors (Lipinski definition) is 2. The molecular weight excluding hydrogens is 484 g/mol. The molecule has 0 radical (unpaired) electrons. The molecule has 2 N–H and O–H groups in total. The number of amides is 1. The molecule has 0 aliphatic heterocycles. The van der Waals surface area contributed by atoms with Crippen LogP contribution in [0.3, 0.4) is 0 Å². The number of benzene rings is 2. The van der Waals surface area contributed by atoms with E-state index in [1.54, 1.807) is 24.3 Å². The number of halogens is 7. The smallest absolute Gasteiger partial charge is 0.416 e. The quantitative estimate of drug-likeness (QED) is 0.561. The predicted octanol–water partition coefficient (Wildman–Crippen LogP) is 4.84. The molecule has 4 nitrogen and oxygen atoms in total. The van der Waals surface area contributed by atoms with Crippen LogP contribution in [0.15, 0.2) is 46.9 Å². The van der Waals surface area contributed by atoms with E-state index < -0.39 is 53.4 Å². The second-order valence-electron chi connectivity index (χ2n) is 6.38. The topological polar surface area (TPSA) is 66.4 Å². The van der Waals surface area contributed by atoms with Crippen molar-refractivity contribution in [1.82, 2.24) is 5.32 Å². The zero-order chi connectivity index (χ0) is 22.7. The van der Waals surface area contributed by atoms with Crippen LogP contribution in [0.1, 0.15) is 22.3 Å².